The molecule has 0 spiro atoms. The molecule has 1 aromatic heterocycles. The molecule has 0 fully saturated rings. The molecule has 1 heterocycles. The molecule has 0 aliphatic rings. The van der Waals surface area contributed by atoms with Gasteiger partial charge in [-0.1, -0.05) is 30.8 Å². The molecule has 0 bridgehead atoms. The zero-order valence-electron chi connectivity index (χ0n) is 10.4. The van der Waals surface area contributed by atoms with Gasteiger partial charge in [-0.15, -0.1) is 11.3 Å². The van der Waals surface area contributed by atoms with Gasteiger partial charge in [0.2, 0.25) is 0 Å². The molecule has 0 aliphatic heterocycles. The number of esters is 1. The first-order valence-corrected chi connectivity index (χ1v) is 7.66. The summed E-state index contributed by atoms with van der Waals surface area (Å²) in [6.07, 6.45) is 0. The van der Waals surface area contributed by atoms with Crippen LogP contribution < -0.4 is 0 Å². The quantitative estimate of drug-likeness (QED) is 0.620. The lowest BCUT2D eigenvalue weighted by molar-refractivity contribution is -0.146. The topological polar surface area (TPSA) is 39.2 Å². The third-order valence-electron chi connectivity index (χ3n) is 2.42. The van der Waals surface area contributed by atoms with Crippen molar-refractivity contribution in [3.05, 3.63) is 24.3 Å². The van der Waals surface area contributed by atoms with Gasteiger partial charge in [0.05, 0.1) is 22.7 Å². The minimum atomic E-state index is -0.133. The number of carbonyl (C=O) groups is 1. The third-order valence-corrected chi connectivity index (χ3v) is 4.86. The Morgan fingerprint density at radius 2 is 2.28 bits per heavy atom. The third kappa shape index (κ3) is 3.23. The van der Waals surface area contributed by atoms with Crippen LogP contribution in [0.2, 0.25) is 0 Å². The molecule has 1 atom stereocenters. The number of aromatic nitrogens is 1. The van der Waals surface area contributed by atoms with E-state index < -0.39 is 0 Å². The second kappa shape index (κ2) is 6.20. The summed E-state index contributed by atoms with van der Waals surface area (Å²) in [6.45, 7) is 4.15. The first-order valence-electron chi connectivity index (χ1n) is 5.85. The van der Waals surface area contributed by atoms with Crippen LogP contribution in [0.1, 0.15) is 13.8 Å². The van der Waals surface area contributed by atoms with Crippen molar-refractivity contribution in [1.82, 2.24) is 4.98 Å². The highest BCUT2D eigenvalue weighted by molar-refractivity contribution is 8.01. The number of hydrogen-bond acceptors (Lipinski definition) is 5. The van der Waals surface area contributed by atoms with Crippen molar-refractivity contribution in [2.45, 2.75) is 18.2 Å². The molecule has 0 saturated carbocycles. The molecule has 0 N–H and O–H groups in total. The summed E-state index contributed by atoms with van der Waals surface area (Å²) in [5.41, 5.74) is 1.02. The van der Waals surface area contributed by atoms with Gasteiger partial charge in [0, 0.05) is 5.75 Å². The Labute approximate surface area is 115 Å². The van der Waals surface area contributed by atoms with Crippen molar-refractivity contribution in [3.63, 3.8) is 0 Å². The second-order valence-electron chi connectivity index (χ2n) is 3.91. The normalized spacial score (nSPS) is 12.6. The average Bonchev–Trinajstić information content (AvgIpc) is 2.78. The molecule has 0 radical (unpaired) electrons. The van der Waals surface area contributed by atoms with Gasteiger partial charge < -0.3 is 4.74 Å². The Morgan fingerprint density at radius 3 is 3.00 bits per heavy atom. The van der Waals surface area contributed by atoms with Crippen molar-refractivity contribution < 1.29 is 9.53 Å². The molecule has 1 aromatic carbocycles. The number of benzene rings is 1. The van der Waals surface area contributed by atoms with Crippen molar-refractivity contribution in [2.24, 2.45) is 5.92 Å². The molecule has 3 nitrogen and oxygen atoms in total. The highest BCUT2D eigenvalue weighted by Gasteiger charge is 2.15. The van der Waals surface area contributed by atoms with Crippen LogP contribution >= 0.6 is 23.1 Å². The Morgan fingerprint density at radius 1 is 1.50 bits per heavy atom. The lowest BCUT2D eigenvalue weighted by Crippen LogP contribution is -2.16. The molecule has 5 heteroatoms. The van der Waals surface area contributed by atoms with Crippen LogP contribution in [-0.4, -0.2) is 23.3 Å². The number of nitrogens with zero attached hydrogens (tertiary/aromatic N) is 1. The fourth-order valence-corrected chi connectivity index (χ4v) is 3.56. The molecular weight excluding hydrogens is 266 g/mol. The monoisotopic (exact) mass is 281 g/mol. The molecule has 0 amide bonds. The van der Waals surface area contributed by atoms with E-state index in [0.29, 0.717) is 12.4 Å². The first-order chi connectivity index (χ1) is 8.70. The van der Waals surface area contributed by atoms with Crippen molar-refractivity contribution in [2.75, 3.05) is 12.4 Å². The number of thiazole rings is 1. The number of para-hydroxylation sites is 1. The maximum absolute atomic E-state index is 11.5. The van der Waals surface area contributed by atoms with Gasteiger partial charge in [-0.05, 0) is 19.1 Å². The summed E-state index contributed by atoms with van der Waals surface area (Å²) in [5.74, 6) is 0.478. The van der Waals surface area contributed by atoms with Crippen LogP contribution in [0, 0.1) is 5.92 Å². The standard InChI is InChI=1S/C13H15NO2S2/c1-3-16-12(15)9(2)8-17-13-14-10-6-4-5-7-11(10)18-13/h4-7,9H,3,8H2,1-2H3. The zero-order chi connectivity index (χ0) is 13.0. The highest BCUT2D eigenvalue weighted by Crippen LogP contribution is 2.30. The first kappa shape index (κ1) is 13.4. The van der Waals surface area contributed by atoms with Gasteiger partial charge in [0.25, 0.3) is 0 Å². The summed E-state index contributed by atoms with van der Waals surface area (Å²) in [7, 11) is 0. The second-order valence-corrected chi connectivity index (χ2v) is 6.21. The molecule has 0 saturated heterocycles. The number of hydrogen-bond donors (Lipinski definition) is 0. The number of rotatable bonds is 5. The fourth-order valence-electron chi connectivity index (χ4n) is 1.46. The summed E-state index contributed by atoms with van der Waals surface area (Å²) in [4.78, 5) is 16.0. The van der Waals surface area contributed by atoms with Crippen LogP contribution in [0.3, 0.4) is 0 Å². The maximum atomic E-state index is 11.5. The van der Waals surface area contributed by atoms with Crippen LogP contribution in [0.5, 0.6) is 0 Å². The van der Waals surface area contributed by atoms with Crippen molar-refractivity contribution in [3.8, 4) is 0 Å². The lowest BCUT2D eigenvalue weighted by atomic mass is 10.2. The van der Waals surface area contributed by atoms with E-state index in [2.05, 4.69) is 11.1 Å². The molecule has 96 valence electrons. The number of carbonyl (C=O) groups excluding carboxylic acids is 1. The van der Waals surface area contributed by atoms with E-state index in [0.717, 1.165) is 9.86 Å². The van der Waals surface area contributed by atoms with Gasteiger partial charge in [-0.2, -0.15) is 0 Å². The molecular formula is C13H15NO2S2. The highest BCUT2D eigenvalue weighted by atomic mass is 32.2. The molecule has 18 heavy (non-hydrogen) atoms. The lowest BCUT2D eigenvalue weighted by Gasteiger charge is -2.08. The van der Waals surface area contributed by atoms with Gasteiger partial charge in [0.15, 0.2) is 4.34 Å². The van der Waals surface area contributed by atoms with Crippen LogP contribution in [0.15, 0.2) is 28.6 Å². The largest absolute Gasteiger partial charge is 0.466 e. The maximum Gasteiger partial charge on any atom is 0.309 e. The van der Waals surface area contributed by atoms with E-state index in [-0.39, 0.29) is 11.9 Å². The zero-order valence-corrected chi connectivity index (χ0v) is 12.0. The molecule has 1 unspecified atom stereocenters. The number of ether oxygens (including phenoxy) is 1. The predicted molar refractivity (Wildman–Crippen MR) is 76.1 cm³/mol. The van der Waals surface area contributed by atoms with Gasteiger partial charge in [-0.3, -0.25) is 4.79 Å². The fraction of sp³-hybridized carbons (Fsp3) is 0.385. The Balaban J connectivity index is 1.95. The average molecular weight is 281 g/mol. The van der Waals surface area contributed by atoms with E-state index in [1.807, 2.05) is 32.0 Å². The van der Waals surface area contributed by atoms with Crippen molar-refractivity contribution in [1.29, 1.82) is 0 Å². The van der Waals surface area contributed by atoms with Gasteiger partial charge >= 0.3 is 5.97 Å². The Hall–Kier alpha value is -1.07. The molecule has 2 aromatic rings. The van der Waals surface area contributed by atoms with E-state index >= 15 is 0 Å². The van der Waals surface area contributed by atoms with E-state index in [4.69, 9.17) is 4.74 Å². The van der Waals surface area contributed by atoms with Gasteiger partial charge in [0.1, 0.15) is 0 Å². The summed E-state index contributed by atoms with van der Waals surface area (Å²) < 4.78 is 7.17. The van der Waals surface area contributed by atoms with Gasteiger partial charge in [-0.25, -0.2) is 4.98 Å². The smallest absolute Gasteiger partial charge is 0.309 e. The van der Waals surface area contributed by atoms with Crippen LogP contribution in [0.25, 0.3) is 10.2 Å². The number of fused-ring (bicyclic) bond motifs is 1. The summed E-state index contributed by atoms with van der Waals surface area (Å²) >= 11 is 3.28. The minimum absolute atomic E-state index is 0.0954. The van der Waals surface area contributed by atoms with E-state index in [1.54, 1.807) is 23.1 Å². The van der Waals surface area contributed by atoms with Crippen LogP contribution in [0.4, 0.5) is 0 Å². The predicted octanol–water partition coefficient (Wildman–Crippen LogP) is 3.59. The SMILES string of the molecule is CCOC(=O)C(C)CSc1nc2ccccc2s1. The van der Waals surface area contributed by atoms with Crippen molar-refractivity contribution >= 4 is 39.3 Å². The Bertz CT molecular complexity index is 506. The van der Waals surface area contributed by atoms with E-state index in [1.165, 1.54) is 4.70 Å². The summed E-state index contributed by atoms with van der Waals surface area (Å²) in [5, 5.41) is 0. The minimum Gasteiger partial charge on any atom is -0.466 e. The molecule has 0 aliphatic carbocycles. The van der Waals surface area contributed by atoms with E-state index in [9.17, 15) is 4.79 Å². The molecule has 2 rings (SSSR count). The van der Waals surface area contributed by atoms with Crippen LogP contribution in [-0.2, 0) is 9.53 Å². The summed E-state index contributed by atoms with van der Waals surface area (Å²) in [6, 6.07) is 8.06. The Kier molecular flexibility index (Phi) is 4.60. The number of thioether (sulfide) groups is 1.